The molecule has 0 amide bonds. The monoisotopic (exact) mass is 465 g/mol. The Bertz CT molecular complexity index is 1050. The average Bonchev–Trinajstić information content (AvgIpc) is 3.46. The second kappa shape index (κ2) is 7.23. The Labute approximate surface area is 187 Å². The van der Waals surface area contributed by atoms with Gasteiger partial charge in [0.25, 0.3) is 0 Å². The van der Waals surface area contributed by atoms with Crippen molar-refractivity contribution in [2.24, 2.45) is 17.8 Å². The van der Waals surface area contributed by atoms with Crippen LogP contribution < -0.4 is 4.74 Å². The summed E-state index contributed by atoms with van der Waals surface area (Å²) in [6.07, 6.45) is 6.22. The molecule has 6 fully saturated rings. The largest absolute Gasteiger partial charge is 0.489 e. The molecule has 0 radical (unpaired) electrons. The fourth-order valence-corrected chi connectivity index (χ4v) is 8.20. The van der Waals surface area contributed by atoms with Gasteiger partial charge in [-0.25, -0.2) is 21.5 Å². The standard InChI is InChI=1S/C24H29F2NO4S/c25-20-9-22(31-23-16-6-14-7-17(23)12-24(26,10-14)11-16)18(15-2-3-15)8-19(20)21(28)13-32(29,30)27-4-1-5-27/h8-9,14-17,23H,1-7,10-13H2. The third-order valence-electron chi connectivity index (χ3n) is 8.31. The second-order valence-corrected chi connectivity index (χ2v) is 12.7. The molecule has 0 spiro atoms. The average molecular weight is 466 g/mol. The van der Waals surface area contributed by atoms with Crippen molar-refractivity contribution in [3.8, 4) is 5.75 Å². The van der Waals surface area contributed by atoms with E-state index in [1.807, 2.05) is 0 Å². The number of rotatable bonds is 7. The van der Waals surface area contributed by atoms with Crippen molar-refractivity contribution in [2.75, 3.05) is 18.8 Å². The molecule has 2 unspecified atom stereocenters. The Morgan fingerprint density at radius 1 is 1.12 bits per heavy atom. The predicted molar refractivity (Wildman–Crippen MR) is 114 cm³/mol. The van der Waals surface area contributed by atoms with Crippen molar-refractivity contribution in [2.45, 2.75) is 69.1 Å². The first-order valence-corrected chi connectivity index (χ1v) is 13.5. The third-order valence-corrected chi connectivity index (χ3v) is 10.1. The Morgan fingerprint density at radius 3 is 2.38 bits per heavy atom. The number of nitrogens with zero attached hydrogens (tertiary/aromatic N) is 1. The molecule has 0 N–H and O–H groups in total. The van der Waals surface area contributed by atoms with Gasteiger partial charge in [0.1, 0.15) is 29.1 Å². The molecule has 2 atom stereocenters. The van der Waals surface area contributed by atoms with Gasteiger partial charge in [0.05, 0.1) is 5.56 Å². The van der Waals surface area contributed by atoms with E-state index < -0.39 is 33.0 Å². The number of hydrogen-bond donors (Lipinski definition) is 0. The summed E-state index contributed by atoms with van der Waals surface area (Å²) in [5.74, 6) is -0.748. The molecule has 4 bridgehead atoms. The van der Waals surface area contributed by atoms with Crippen LogP contribution in [0.15, 0.2) is 12.1 Å². The molecule has 5 saturated carbocycles. The summed E-state index contributed by atoms with van der Waals surface area (Å²) in [7, 11) is -3.70. The van der Waals surface area contributed by atoms with E-state index in [9.17, 15) is 13.2 Å². The quantitative estimate of drug-likeness (QED) is 0.566. The zero-order valence-corrected chi connectivity index (χ0v) is 18.9. The van der Waals surface area contributed by atoms with E-state index in [0.717, 1.165) is 37.7 Å². The smallest absolute Gasteiger partial charge is 0.221 e. The van der Waals surface area contributed by atoms with Gasteiger partial charge in [0.2, 0.25) is 10.0 Å². The Balaban J connectivity index is 1.26. The number of halogens is 2. The van der Waals surface area contributed by atoms with Gasteiger partial charge in [-0.15, -0.1) is 0 Å². The molecule has 1 saturated heterocycles. The highest BCUT2D eigenvalue weighted by atomic mass is 32.2. The van der Waals surface area contributed by atoms with Gasteiger partial charge in [0.15, 0.2) is 5.78 Å². The van der Waals surface area contributed by atoms with E-state index in [1.165, 1.54) is 16.4 Å². The Morgan fingerprint density at radius 2 is 1.81 bits per heavy atom. The Kier molecular flexibility index (Phi) is 4.75. The van der Waals surface area contributed by atoms with Gasteiger partial charge in [0, 0.05) is 19.2 Å². The van der Waals surface area contributed by atoms with Gasteiger partial charge in [-0.2, -0.15) is 0 Å². The van der Waals surface area contributed by atoms with Crippen LogP contribution in [0.1, 0.15) is 73.2 Å². The topological polar surface area (TPSA) is 63.7 Å². The zero-order valence-electron chi connectivity index (χ0n) is 18.1. The molecule has 32 heavy (non-hydrogen) atoms. The summed E-state index contributed by atoms with van der Waals surface area (Å²) < 4.78 is 62.5. The molecule has 1 heterocycles. The molecule has 6 aliphatic rings. The van der Waals surface area contributed by atoms with Crippen LogP contribution in [0.25, 0.3) is 0 Å². The van der Waals surface area contributed by atoms with Crippen LogP contribution >= 0.6 is 0 Å². The molecule has 5 nitrogen and oxygen atoms in total. The number of hydrogen-bond acceptors (Lipinski definition) is 4. The van der Waals surface area contributed by atoms with Crippen LogP contribution in [-0.4, -0.2) is 49.1 Å². The highest BCUT2D eigenvalue weighted by Gasteiger charge is 2.57. The predicted octanol–water partition coefficient (Wildman–Crippen LogP) is 4.22. The van der Waals surface area contributed by atoms with Crippen LogP contribution in [0, 0.1) is 23.6 Å². The van der Waals surface area contributed by atoms with Crippen LogP contribution in [0.4, 0.5) is 8.78 Å². The van der Waals surface area contributed by atoms with E-state index in [1.54, 1.807) is 0 Å². The fourth-order valence-electron chi connectivity index (χ4n) is 6.72. The maximum Gasteiger partial charge on any atom is 0.221 e. The molecular formula is C24H29F2NO4S. The van der Waals surface area contributed by atoms with E-state index in [2.05, 4.69) is 0 Å². The summed E-state index contributed by atoms with van der Waals surface area (Å²) in [4.78, 5) is 12.7. The number of carbonyl (C=O) groups is 1. The minimum atomic E-state index is -3.70. The molecular weight excluding hydrogens is 436 g/mol. The normalized spacial score (nSPS) is 36.2. The lowest BCUT2D eigenvalue weighted by molar-refractivity contribution is -0.134. The minimum absolute atomic E-state index is 0.110. The summed E-state index contributed by atoms with van der Waals surface area (Å²) >= 11 is 0. The van der Waals surface area contributed by atoms with Crippen molar-refractivity contribution >= 4 is 15.8 Å². The molecule has 8 heteroatoms. The number of sulfonamides is 1. The number of ether oxygens (including phenoxy) is 1. The summed E-state index contributed by atoms with van der Waals surface area (Å²) in [6, 6.07) is 2.79. The van der Waals surface area contributed by atoms with Crippen molar-refractivity contribution in [3.05, 3.63) is 29.1 Å². The number of carbonyl (C=O) groups excluding carboxylic acids is 1. The van der Waals surface area contributed by atoms with E-state index in [-0.39, 0.29) is 29.4 Å². The van der Waals surface area contributed by atoms with E-state index >= 15 is 8.78 Å². The number of alkyl halides is 1. The SMILES string of the molecule is O=C(CS(=O)(=O)N1CCC1)c1cc(C2CC2)c(OC2C3CC4CC2CC(F)(C4)C3)cc1F. The van der Waals surface area contributed by atoms with Crippen molar-refractivity contribution in [1.29, 1.82) is 0 Å². The summed E-state index contributed by atoms with van der Waals surface area (Å²) in [5.41, 5.74) is -0.435. The lowest BCUT2D eigenvalue weighted by atomic mass is 9.53. The third kappa shape index (κ3) is 3.58. The minimum Gasteiger partial charge on any atom is -0.489 e. The first-order chi connectivity index (χ1) is 15.2. The lowest BCUT2D eigenvalue weighted by Gasteiger charge is -2.56. The highest BCUT2D eigenvalue weighted by molar-refractivity contribution is 7.89. The number of Topliss-reactive ketones (excluding diaryl/α,β-unsaturated/α-hetero) is 1. The molecule has 174 valence electrons. The van der Waals surface area contributed by atoms with E-state index in [4.69, 9.17) is 4.74 Å². The van der Waals surface area contributed by atoms with E-state index in [0.29, 0.717) is 44.0 Å². The fraction of sp³-hybridized carbons (Fsp3) is 0.708. The van der Waals surface area contributed by atoms with Crippen LogP contribution in [0.5, 0.6) is 5.75 Å². The number of ketones is 1. The zero-order chi connectivity index (χ0) is 22.3. The van der Waals surface area contributed by atoms with Crippen LogP contribution in [0.2, 0.25) is 0 Å². The number of benzene rings is 1. The molecule has 1 aromatic carbocycles. The van der Waals surface area contributed by atoms with Gasteiger partial charge in [-0.3, -0.25) is 4.79 Å². The van der Waals surface area contributed by atoms with Crippen molar-refractivity contribution in [3.63, 3.8) is 0 Å². The molecule has 1 aliphatic heterocycles. The van der Waals surface area contributed by atoms with Gasteiger partial charge in [-0.05, 0) is 86.7 Å². The lowest BCUT2D eigenvalue weighted by Crippen LogP contribution is -2.56. The first-order valence-electron chi connectivity index (χ1n) is 11.9. The van der Waals surface area contributed by atoms with Crippen molar-refractivity contribution < 1.29 is 26.7 Å². The first kappa shape index (κ1) is 21.0. The maximum absolute atomic E-state index is 15.0. The molecule has 7 rings (SSSR count). The summed E-state index contributed by atoms with van der Waals surface area (Å²) in [6.45, 7) is 0.839. The molecule has 1 aromatic rings. The molecule has 0 aromatic heterocycles. The maximum atomic E-state index is 15.0. The van der Waals surface area contributed by atoms with Crippen LogP contribution in [0.3, 0.4) is 0 Å². The highest BCUT2D eigenvalue weighted by Crippen LogP contribution is 2.58. The van der Waals surface area contributed by atoms with Gasteiger partial charge < -0.3 is 4.74 Å². The summed E-state index contributed by atoms with van der Waals surface area (Å²) in [5, 5.41) is 0. The van der Waals surface area contributed by atoms with Crippen molar-refractivity contribution in [1.82, 2.24) is 4.31 Å². The second-order valence-electron chi connectivity index (χ2n) is 10.8. The van der Waals surface area contributed by atoms with Gasteiger partial charge >= 0.3 is 0 Å². The van der Waals surface area contributed by atoms with Gasteiger partial charge in [-0.1, -0.05) is 0 Å². The Hall–Kier alpha value is -1.54. The van der Waals surface area contributed by atoms with Crippen LogP contribution in [-0.2, 0) is 10.0 Å². The molecule has 5 aliphatic carbocycles.